The minimum absolute atomic E-state index is 0.138. The minimum Gasteiger partial charge on any atom is -0.335 e. The van der Waals surface area contributed by atoms with Crippen molar-refractivity contribution in [1.82, 2.24) is 14.7 Å². The van der Waals surface area contributed by atoms with E-state index in [0.717, 1.165) is 18.5 Å². The van der Waals surface area contributed by atoms with E-state index in [4.69, 9.17) is 0 Å². The summed E-state index contributed by atoms with van der Waals surface area (Å²) in [6.07, 6.45) is 6.04. The average Bonchev–Trinajstić information content (AvgIpc) is 3.32. The lowest BCUT2D eigenvalue weighted by atomic mass is 10.2. The average molecular weight is 349 g/mol. The number of fused-ring (bicyclic) bond motifs is 1. The molecular weight excluding hydrogens is 330 g/mol. The molecule has 0 aliphatic heterocycles. The fraction of sp³-hybridized carbons (Fsp3) is 0.211. The molecule has 7 heteroatoms. The molecule has 26 heavy (non-hydrogen) atoms. The molecule has 1 aliphatic rings. The Labute approximate surface area is 150 Å². The first-order valence-corrected chi connectivity index (χ1v) is 8.56. The zero-order valence-corrected chi connectivity index (χ0v) is 14.1. The van der Waals surface area contributed by atoms with Gasteiger partial charge in [0.1, 0.15) is 5.65 Å². The number of benzene rings is 1. The molecule has 1 aliphatic carbocycles. The van der Waals surface area contributed by atoms with Gasteiger partial charge in [-0.25, -0.2) is 9.78 Å². The Bertz CT molecular complexity index is 911. The van der Waals surface area contributed by atoms with E-state index in [1.54, 1.807) is 24.3 Å². The first-order chi connectivity index (χ1) is 12.7. The summed E-state index contributed by atoms with van der Waals surface area (Å²) in [5.41, 5.74) is 2.88. The molecule has 132 valence electrons. The molecule has 0 spiro atoms. The van der Waals surface area contributed by atoms with Crippen LogP contribution in [0.2, 0.25) is 0 Å². The Hall–Kier alpha value is -3.35. The number of carbonyl (C=O) groups is 2. The Morgan fingerprint density at radius 2 is 1.77 bits per heavy atom. The molecule has 4 rings (SSSR count). The molecule has 0 saturated heterocycles. The van der Waals surface area contributed by atoms with E-state index in [0.29, 0.717) is 23.1 Å². The molecule has 1 aromatic carbocycles. The van der Waals surface area contributed by atoms with E-state index in [1.807, 2.05) is 35.0 Å². The van der Waals surface area contributed by atoms with Crippen LogP contribution >= 0.6 is 0 Å². The third kappa shape index (κ3) is 4.00. The lowest BCUT2D eigenvalue weighted by Gasteiger charge is -2.08. The third-order valence-electron chi connectivity index (χ3n) is 4.09. The molecule has 3 aromatic rings. The first kappa shape index (κ1) is 16.1. The summed E-state index contributed by atoms with van der Waals surface area (Å²) in [7, 11) is 0. The molecule has 0 unspecified atom stereocenters. The van der Waals surface area contributed by atoms with Crippen LogP contribution in [-0.4, -0.2) is 27.4 Å². The fourth-order valence-electron chi connectivity index (χ4n) is 2.66. The van der Waals surface area contributed by atoms with Crippen molar-refractivity contribution in [3.63, 3.8) is 0 Å². The van der Waals surface area contributed by atoms with Crippen LogP contribution in [-0.2, 0) is 11.2 Å². The van der Waals surface area contributed by atoms with Crippen molar-refractivity contribution >= 4 is 29.0 Å². The van der Waals surface area contributed by atoms with Crippen LogP contribution in [0.5, 0.6) is 0 Å². The second kappa shape index (κ2) is 6.87. The summed E-state index contributed by atoms with van der Waals surface area (Å²) in [4.78, 5) is 28.3. The number of nitrogens with zero attached hydrogens (tertiary/aromatic N) is 2. The number of aromatic nitrogens is 2. The number of nitrogens with one attached hydrogen (secondary N) is 3. The smallest absolute Gasteiger partial charge is 0.319 e. The van der Waals surface area contributed by atoms with Gasteiger partial charge in [0.15, 0.2) is 0 Å². The van der Waals surface area contributed by atoms with Gasteiger partial charge in [0.25, 0.3) is 0 Å². The largest absolute Gasteiger partial charge is 0.335 e. The van der Waals surface area contributed by atoms with E-state index in [9.17, 15) is 9.59 Å². The van der Waals surface area contributed by atoms with Gasteiger partial charge in [-0.05, 0) is 49.2 Å². The quantitative estimate of drug-likeness (QED) is 0.662. The van der Waals surface area contributed by atoms with E-state index in [2.05, 4.69) is 20.9 Å². The van der Waals surface area contributed by atoms with Gasteiger partial charge >= 0.3 is 6.03 Å². The summed E-state index contributed by atoms with van der Waals surface area (Å²) in [6, 6.07) is 12.9. The second-order valence-corrected chi connectivity index (χ2v) is 6.37. The maximum Gasteiger partial charge on any atom is 0.319 e. The van der Waals surface area contributed by atoms with E-state index in [-0.39, 0.29) is 18.4 Å². The van der Waals surface area contributed by atoms with Gasteiger partial charge in [0.2, 0.25) is 5.91 Å². The Balaban J connectivity index is 1.32. The second-order valence-electron chi connectivity index (χ2n) is 6.37. The van der Waals surface area contributed by atoms with Gasteiger partial charge in [-0.1, -0.05) is 6.07 Å². The zero-order valence-electron chi connectivity index (χ0n) is 14.1. The molecule has 2 heterocycles. The van der Waals surface area contributed by atoms with Crippen molar-refractivity contribution in [2.45, 2.75) is 25.3 Å². The number of amides is 3. The van der Waals surface area contributed by atoms with Crippen molar-refractivity contribution in [2.24, 2.45) is 0 Å². The van der Waals surface area contributed by atoms with Crippen LogP contribution in [0.15, 0.2) is 54.9 Å². The van der Waals surface area contributed by atoms with Crippen molar-refractivity contribution < 1.29 is 9.59 Å². The summed E-state index contributed by atoms with van der Waals surface area (Å²) >= 11 is 0. The molecular formula is C19H19N5O2. The number of pyridine rings is 1. The molecule has 1 saturated carbocycles. The Morgan fingerprint density at radius 1 is 1.04 bits per heavy atom. The van der Waals surface area contributed by atoms with Crippen molar-refractivity contribution in [3.05, 3.63) is 60.6 Å². The number of anilines is 2. The molecule has 2 aromatic heterocycles. The molecule has 0 bridgehead atoms. The van der Waals surface area contributed by atoms with Crippen LogP contribution in [0.25, 0.3) is 5.65 Å². The summed E-state index contributed by atoms with van der Waals surface area (Å²) in [5.74, 6) is -0.138. The summed E-state index contributed by atoms with van der Waals surface area (Å²) < 4.78 is 1.88. The molecule has 0 radical (unpaired) electrons. The standard InChI is InChI=1S/C19H19N5O2/c25-18(11-16-12-24-10-2-1-3-17(24)20-16)21-13-4-6-14(7-5-13)22-19(26)23-15-8-9-15/h1-7,10,12,15H,8-9,11H2,(H,21,25)(H2,22,23,26). The van der Waals surface area contributed by atoms with Crippen molar-refractivity contribution in [2.75, 3.05) is 10.6 Å². The van der Waals surface area contributed by atoms with Gasteiger partial charge in [0.05, 0.1) is 12.1 Å². The lowest BCUT2D eigenvalue weighted by molar-refractivity contribution is -0.115. The van der Waals surface area contributed by atoms with E-state index < -0.39 is 0 Å². The monoisotopic (exact) mass is 349 g/mol. The van der Waals surface area contributed by atoms with Crippen LogP contribution in [0.3, 0.4) is 0 Å². The number of urea groups is 1. The molecule has 3 amide bonds. The van der Waals surface area contributed by atoms with E-state index in [1.165, 1.54) is 0 Å². The maximum atomic E-state index is 12.2. The molecule has 1 fully saturated rings. The van der Waals surface area contributed by atoms with Crippen molar-refractivity contribution in [1.29, 1.82) is 0 Å². The van der Waals surface area contributed by atoms with E-state index >= 15 is 0 Å². The SMILES string of the molecule is O=C(Cc1cn2ccccc2n1)Nc1ccc(NC(=O)NC2CC2)cc1. The first-order valence-electron chi connectivity index (χ1n) is 8.56. The molecule has 0 atom stereocenters. The third-order valence-corrected chi connectivity index (χ3v) is 4.09. The maximum absolute atomic E-state index is 12.2. The summed E-state index contributed by atoms with van der Waals surface area (Å²) in [6.45, 7) is 0. The van der Waals surface area contributed by atoms with Gasteiger partial charge in [-0.3, -0.25) is 4.79 Å². The topological polar surface area (TPSA) is 87.5 Å². The van der Waals surface area contributed by atoms with Gasteiger partial charge < -0.3 is 20.4 Å². The minimum atomic E-state index is -0.198. The fourth-order valence-corrected chi connectivity index (χ4v) is 2.66. The van der Waals surface area contributed by atoms with Gasteiger partial charge in [-0.15, -0.1) is 0 Å². The normalized spacial score (nSPS) is 13.4. The predicted octanol–water partition coefficient (Wildman–Crippen LogP) is 2.80. The highest BCUT2D eigenvalue weighted by molar-refractivity contribution is 5.93. The number of hydrogen-bond acceptors (Lipinski definition) is 3. The highest BCUT2D eigenvalue weighted by Crippen LogP contribution is 2.19. The lowest BCUT2D eigenvalue weighted by Crippen LogP contribution is -2.30. The van der Waals surface area contributed by atoms with Gasteiger partial charge in [0, 0.05) is 29.8 Å². The highest BCUT2D eigenvalue weighted by Gasteiger charge is 2.23. The highest BCUT2D eigenvalue weighted by atomic mass is 16.2. The predicted molar refractivity (Wildman–Crippen MR) is 99.1 cm³/mol. The number of hydrogen-bond donors (Lipinski definition) is 3. The molecule has 3 N–H and O–H groups in total. The van der Waals surface area contributed by atoms with Crippen LogP contribution in [0.1, 0.15) is 18.5 Å². The summed E-state index contributed by atoms with van der Waals surface area (Å²) in [5, 5.41) is 8.47. The van der Waals surface area contributed by atoms with Crippen molar-refractivity contribution in [3.8, 4) is 0 Å². The van der Waals surface area contributed by atoms with Gasteiger partial charge in [-0.2, -0.15) is 0 Å². The molecule has 7 nitrogen and oxygen atoms in total. The van der Waals surface area contributed by atoms with Crippen LogP contribution in [0.4, 0.5) is 16.2 Å². The number of rotatable bonds is 5. The van der Waals surface area contributed by atoms with Crippen LogP contribution in [0, 0.1) is 0 Å². The van der Waals surface area contributed by atoms with Crippen LogP contribution < -0.4 is 16.0 Å². The zero-order chi connectivity index (χ0) is 17.9. The number of carbonyl (C=O) groups excluding carboxylic acids is 2. The Kier molecular flexibility index (Phi) is 4.27. The number of imidazole rings is 1. The Morgan fingerprint density at radius 3 is 2.46 bits per heavy atom.